The van der Waals surface area contributed by atoms with Gasteiger partial charge in [-0.15, -0.1) is 0 Å². The lowest BCUT2D eigenvalue weighted by molar-refractivity contribution is 0.349. The minimum atomic E-state index is 0.234. The molecule has 0 amide bonds. The quantitative estimate of drug-likeness (QED) is 0.818. The van der Waals surface area contributed by atoms with Crippen molar-refractivity contribution in [2.45, 2.75) is 38.6 Å². The fourth-order valence-electron chi connectivity index (χ4n) is 2.18. The molecular weight excluding hydrogens is 218 g/mol. The molecule has 2 saturated heterocycles. The van der Waals surface area contributed by atoms with Gasteiger partial charge in [0.25, 0.3) is 0 Å². The van der Waals surface area contributed by atoms with E-state index in [2.05, 4.69) is 29.1 Å². The standard InChI is InChI=1S/C12H23N3S/c1-12(2)5-10-16-11(14-12)13-6-9-15-7-3-4-8-15/h3-10H2,1-2H3,(H,13,14). The van der Waals surface area contributed by atoms with Crippen molar-refractivity contribution in [3.63, 3.8) is 0 Å². The van der Waals surface area contributed by atoms with E-state index in [1.165, 1.54) is 38.1 Å². The minimum Gasteiger partial charge on any atom is -0.360 e. The molecule has 2 aliphatic heterocycles. The topological polar surface area (TPSA) is 27.6 Å². The maximum Gasteiger partial charge on any atom is 0.157 e. The largest absolute Gasteiger partial charge is 0.360 e. The zero-order valence-corrected chi connectivity index (χ0v) is 11.3. The third kappa shape index (κ3) is 3.67. The molecule has 2 fully saturated rings. The molecule has 0 aromatic rings. The summed E-state index contributed by atoms with van der Waals surface area (Å²) in [5, 5.41) is 4.66. The summed E-state index contributed by atoms with van der Waals surface area (Å²) in [6, 6.07) is 0. The van der Waals surface area contributed by atoms with Gasteiger partial charge in [-0.2, -0.15) is 0 Å². The Balaban J connectivity index is 1.73. The Morgan fingerprint density at radius 1 is 1.38 bits per heavy atom. The first-order chi connectivity index (χ1) is 7.66. The fourth-order valence-corrected chi connectivity index (χ4v) is 3.51. The van der Waals surface area contributed by atoms with E-state index in [4.69, 9.17) is 0 Å². The molecule has 3 nitrogen and oxygen atoms in total. The van der Waals surface area contributed by atoms with Crippen molar-refractivity contribution in [3.8, 4) is 0 Å². The van der Waals surface area contributed by atoms with Gasteiger partial charge in [-0.05, 0) is 46.2 Å². The average molecular weight is 241 g/mol. The number of hydrogen-bond donors (Lipinski definition) is 1. The molecule has 92 valence electrons. The minimum absolute atomic E-state index is 0.234. The monoisotopic (exact) mass is 241 g/mol. The van der Waals surface area contributed by atoms with Crippen LogP contribution in [0.25, 0.3) is 0 Å². The SMILES string of the molecule is CC1(C)CCSC(=NCCN2CCCC2)N1. The highest BCUT2D eigenvalue weighted by Gasteiger charge is 2.24. The highest BCUT2D eigenvalue weighted by Crippen LogP contribution is 2.21. The lowest BCUT2D eigenvalue weighted by Gasteiger charge is -2.32. The van der Waals surface area contributed by atoms with E-state index in [1.54, 1.807) is 0 Å². The zero-order valence-electron chi connectivity index (χ0n) is 10.5. The first-order valence-corrected chi connectivity index (χ1v) is 7.32. The molecule has 0 unspecified atom stereocenters. The maximum atomic E-state index is 4.67. The van der Waals surface area contributed by atoms with E-state index in [-0.39, 0.29) is 5.54 Å². The Bertz CT molecular complexity index is 257. The zero-order chi connectivity index (χ0) is 11.4. The summed E-state index contributed by atoms with van der Waals surface area (Å²) in [5.41, 5.74) is 0.234. The fraction of sp³-hybridized carbons (Fsp3) is 0.917. The predicted octanol–water partition coefficient (Wildman–Crippen LogP) is 1.94. The average Bonchev–Trinajstić information content (AvgIpc) is 2.69. The number of thioether (sulfide) groups is 1. The van der Waals surface area contributed by atoms with Crippen LogP contribution in [0.1, 0.15) is 33.1 Å². The summed E-state index contributed by atoms with van der Waals surface area (Å²) in [4.78, 5) is 7.19. The van der Waals surface area contributed by atoms with Gasteiger partial charge in [-0.1, -0.05) is 11.8 Å². The van der Waals surface area contributed by atoms with E-state index in [0.29, 0.717) is 0 Å². The van der Waals surface area contributed by atoms with Gasteiger partial charge in [0.05, 0.1) is 6.54 Å². The highest BCUT2D eigenvalue weighted by atomic mass is 32.2. The number of nitrogens with zero attached hydrogens (tertiary/aromatic N) is 2. The summed E-state index contributed by atoms with van der Waals surface area (Å²) >= 11 is 1.87. The van der Waals surface area contributed by atoms with Crippen molar-refractivity contribution in [1.29, 1.82) is 0 Å². The second-order valence-electron chi connectivity index (χ2n) is 5.34. The van der Waals surface area contributed by atoms with E-state index < -0.39 is 0 Å². The molecule has 0 aromatic carbocycles. The van der Waals surface area contributed by atoms with Gasteiger partial charge < -0.3 is 10.2 Å². The van der Waals surface area contributed by atoms with E-state index in [1.807, 2.05) is 11.8 Å². The van der Waals surface area contributed by atoms with Gasteiger partial charge in [0.2, 0.25) is 0 Å². The third-order valence-electron chi connectivity index (χ3n) is 3.28. The van der Waals surface area contributed by atoms with Gasteiger partial charge in [0.1, 0.15) is 0 Å². The Hall–Kier alpha value is -0.220. The van der Waals surface area contributed by atoms with Crippen LogP contribution in [0.4, 0.5) is 0 Å². The molecule has 16 heavy (non-hydrogen) atoms. The molecule has 0 spiro atoms. The molecule has 2 heterocycles. The predicted molar refractivity (Wildman–Crippen MR) is 72.3 cm³/mol. The summed E-state index contributed by atoms with van der Waals surface area (Å²) in [7, 11) is 0. The highest BCUT2D eigenvalue weighted by molar-refractivity contribution is 8.13. The number of hydrogen-bond acceptors (Lipinski definition) is 3. The first-order valence-electron chi connectivity index (χ1n) is 6.33. The summed E-state index contributed by atoms with van der Waals surface area (Å²) in [6.07, 6.45) is 3.97. The van der Waals surface area contributed by atoms with Gasteiger partial charge >= 0.3 is 0 Å². The second-order valence-corrected chi connectivity index (χ2v) is 6.43. The van der Waals surface area contributed by atoms with Crippen molar-refractivity contribution in [3.05, 3.63) is 0 Å². The maximum absolute atomic E-state index is 4.67. The lowest BCUT2D eigenvalue weighted by atomic mass is 10.0. The smallest absolute Gasteiger partial charge is 0.157 e. The molecule has 0 bridgehead atoms. The van der Waals surface area contributed by atoms with Gasteiger partial charge in [0, 0.05) is 17.8 Å². The molecule has 2 aliphatic rings. The molecule has 0 aromatic heterocycles. The van der Waals surface area contributed by atoms with Crippen molar-refractivity contribution in [2.75, 3.05) is 31.9 Å². The van der Waals surface area contributed by atoms with E-state index in [0.717, 1.165) is 18.3 Å². The Morgan fingerprint density at radius 2 is 2.12 bits per heavy atom. The van der Waals surface area contributed by atoms with Crippen LogP contribution in [-0.4, -0.2) is 47.5 Å². The Kier molecular flexibility index (Phi) is 4.14. The first kappa shape index (κ1) is 12.2. The molecule has 0 saturated carbocycles. The van der Waals surface area contributed by atoms with Crippen LogP contribution < -0.4 is 5.32 Å². The number of likely N-dealkylation sites (tertiary alicyclic amines) is 1. The summed E-state index contributed by atoms with van der Waals surface area (Å²) < 4.78 is 0. The van der Waals surface area contributed by atoms with Crippen LogP contribution in [0.2, 0.25) is 0 Å². The van der Waals surface area contributed by atoms with Crippen molar-refractivity contribution in [2.24, 2.45) is 4.99 Å². The van der Waals surface area contributed by atoms with Crippen LogP contribution in [0.3, 0.4) is 0 Å². The van der Waals surface area contributed by atoms with Crippen molar-refractivity contribution < 1.29 is 0 Å². The number of amidine groups is 1. The van der Waals surface area contributed by atoms with Gasteiger partial charge in [0.15, 0.2) is 5.17 Å². The molecule has 0 radical (unpaired) electrons. The van der Waals surface area contributed by atoms with Crippen LogP contribution in [0.5, 0.6) is 0 Å². The molecule has 4 heteroatoms. The van der Waals surface area contributed by atoms with Crippen molar-refractivity contribution >= 4 is 16.9 Å². The molecule has 0 aliphatic carbocycles. The van der Waals surface area contributed by atoms with Gasteiger partial charge in [-0.3, -0.25) is 4.99 Å². The Labute approximate surface area is 103 Å². The lowest BCUT2D eigenvalue weighted by Crippen LogP contribution is -2.46. The third-order valence-corrected chi connectivity index (χ3v) is 4.19. The van der Waals surface area contributed by atoms with Crippen molar-refractivity contribution in [1.82, 2.24) is 10.2 Å². The second kappa shape index (κ2) is 5.41. The molecular formula is C12H23N3S. The summed E-state index contributed by atoms with van der Waals surface area (Å²) in [6.45, 7) is 9.14. The molecule has 0 atom stereocenters. The molecule has 1 N–H and O–H groups in total. The van der Waals surface area contributed by atoms with Crippen LogP contribution in [0, 0.1) is 0 Å². The summed E-state index contributed by atoms with van der Waals surface area (Å²) in [5.74, 6) is 1.20. The van der Waals surface area contributed by atoms with Gasteiger partial charge in [-0.25, -0.2) is 0 Å². The van der Waals surface area contributed by atoms with Crippen LogP contribution in [0.15, 0.2) is 4.99 Å². The van der Waals surface area contributed by atoms with E-state index in [9.17, 15) is 0 Å². The molecule has 2 rings (SSSR count). The number of aliphatic imine (C=N–C) groups is 1. The van der Waals surface area contributed by atoms with E-state index >= 15 is 0 Å². The van der Waals surface area contributed by atoms with Crippen LogP contribution in [-0.2, 0) is 0 Å². The number of rotatable bonds is 3. The van der Waals surface area contributed by atoms with Crippen LogP contribution >= 0.6 is 11.8 Å². The number of nitrogens with one attached hydrogen (secondary N) is 1. The normalized spacial score (nSPS) is 28.2. The Morgan fingerprint density at radius 3 is 2.81 bits per heavy atom.